The van der Waals surface area contributed by atoms with E-state index in [1.54, 1.807) is 0 Å². The molecule has 0 aliphatic heterocycles. The molecule has 0 aliphatic carbocycles. The first-order chi connectivity index (χ1) is 41.0. The molecular weight excluding hydrogens is 1020 g/mol. The van der Waals surface area contributed by atoms with E-state index >= 15 is 0 Å². The molecule has 0 radical (unpaired) electrons. The van der Waals surface area contributed by atoms with Crippen molar-refractivity contribution in [3.8, 4) is 0 Å². The number of ether oxygens (including phenoxy) is 3. The third kappa shape index (κ3) is 70.0. The number of hydrogen-bond donors (Lipinski definition) is 0. The van der Waals surface area contributed by atoms with E-state index < -0.39 is 6.10 Å². The number of esters is 3. The lowest BCUT2D eigenvalue weighted by Gasteiger charge is -2.18. The molecule has 1 unspecified atom stereocenters. The quantitative estimate of drug-likeness (QED) is 0.0261. The third-order valence-electron chi connectivity index (χ3n) is 16.8. The second kappa shape index (κ2) is 71.8. The van der Waals surface area contributed by atoms with Crippen molar-refractivity contribution in [1.82, 2.24) is 0 Å². The van der Waals surface area contributed by atoms with Crippen LogP contribution in [0.25, 0.3) is 0 Å². The molecule has 0 saturated carbocycles. The summed E-state index contributed by atoms with van der Waals surface area (Å²) >= 11 is 0. The summed E-state index contributed by atoms with van der Waals surface area (Å²) in [6.07, 6.45) is 91.6. The van der Waals surface area contributed by atoms with Gasteiger partial charge in [0.1, 0.15) is 13.2 Å². The Kier molecular flexibility index (Phi) is 69.6. The van der Waals surface area contributed by atoms with E-state index in [4.69, 9.17) is 14.2 Å². The van der Waals surface area contributed by atoms with Crippen molar-refractivity contribution in [2.75, 3.05) is 13.2 Å². The van der Waals surface area contributed by atoms with Crippen molar-refractivity contribution in [3.05, 3.63) is 48.6 Å². The SMILES string of the molecule is CC/C=C\C/C=C\C/C=C\C/C=C\CCCCCCCCCCCCCCCCC(=O)OCC(COC(=O)CCCCCCCCCCCCCC)OC(=O)CCCCCCCCCCCCCCCCCCCCCCCCCCCC. The summed E-state index contributed by atoms with van der Waals surface area (Å²) in [5, 5.41) is 0. The van der Waals surface area contributed by atoms with Crippen molar-refractivity contribution in [2.45, 2.75) is 412 Å². The van der Waals surface area contributed by atoms with Crippen LogP contribution >= 0.6 is 0 Å². The largest absolute Gasteiger partial charge is 0.462 e. The molecule has 0 aliphatic rings. The molecule has 486 valence electrons. The lowest BCUT2D eigenvalue weighted by atomic mass is 10.0. The summed E-state index contributed by atoms with van der Waals surface area (Å²) < 4.78 is 17.0. The maximum absolute atomic E-state index is 13.0. The van der Waals surface area contributed by atoms with Gasteiger partial charge in [-0.25, -0.2) is 0 Å². The minimum absolute atomic E-state index is 0.0661. The zero-order valence-electron chi connectivity index (χ0n) is 56.0. The molecule has 0 amide bonds. The fraction of sp³-hybridized carbons (Fsp3) is 0.857. The summed E-state index contributed by atoms with van der Waals surface area (Å²) in [5.41, 5.74) is 0. The van der Waals surface area contributed by atoms with E-state index in [0.717, 1.165) is 83.5 Å². The Bertz CT molecular complexity index is 1430. The van der Waals surface area contributed by atoms with Gasteiger partial charge < -0.3 is 14.2 Å². The molecule has 83 heavy (non-hydrogen) atoms. The third-order valence-corrected chi connectivity index (χ3v) is 16.8. The Labute approximate surface area is 518 Å². The summed E-state index contributed by atoms with van der Waals surface area (Å²) in [6.45, 7) is 6.60. The van der Waals surface area contributed by atoms with Gasteiger partial charge in [-0.1, -0.05) is 378 Å². The van der Waals surface area contributed by atoms with E-state index in [1.165, 1.54) is 283 Å². The number of carbonyl (C=O) groups excluding carboxylic acids is 3. The maximum atomic E-state index is 13.0. The van der Waals surface area contributed by atoms with Gasteiger partial charge in [-0.2, -0.15) is 0 Å². The van der Waals surface area contributed by atoms with Crippen molar-refractivity contribution < 1.29 is 28.6 Å². The first-order valence-corrected chi connectivity index (χ1v) is 37.1. The van der Waals surface area contributed by atoms with Gasteiger partial charge in [-0.3, -0.25) is 14.4 Å². The molecule has 1 atom stereocenters. The van der Waals surface area contributed by atoms with Crippen LogP contribution in [0.2, 0.25) is 0 Å². The van der Waals surface area contributed by atoms with Crippen LogP contribution in [0.3, 0.4) is 0 Å². The van der Waals surface area contributed by atoms with Gasteiger partial charge >= 0.3 is 17.9 Å². The van der Waals surface area contributed by atoms with Gasteiger partial charge in [0.2, 0.25) is 0 Å². The molecule has 0 saturated heterocycles. The van der Waals surface area contributed by atoms with Gasteiger partial charge in [-0.15, -0.1) is 0 Å². The predicted molar refractivity (Wildman–Crippen MR) is 362 cm³/mol. The smallest absolute Gasteiger partial charge is 0.306 e. The Morgan fingerprint density at radius 1 is 0.253 bits per heavy atom. The van der Waals surface area contributed by atoms with Crippen LogP contribution in [-0.4, -0.2) is 37.2 Å². The highest BCUT2D eigenvalue weighted by Crippen LogP contribution is 2.19. The zero-order chi connectivity index (χ0) is 59.9. The van der Waals surface area contributed by atoms with Crippen LogP contribution in [0.5, 0.6) is 0 Å². The van der Waals surface area contributed by atoms with Crippen LogP contribution in [-0.2, 0) is 28.6 Å². The second-order valence-electron chi connectivity index (χ2n) is 25.2. The first-order valence-electron chi connectivity index (χ1n) is 37.1. The molecular formula is C77H142O6. The number of carbonyl (C=O) groups is 3. The van der Waals surface area contributed by atoms with Crippen LogP contribution in [0, 0.1) is 0 Å². The highest BCUT2D eigenvalue weighted by Gasteiger charge is 2.20. The van der Waals surface area contributed by atoms with Crippen molar-refractivity contribution >= 4 is 17.9 Å². The number of hydrogen-bond acceptors (Lipinski definition) is 6. The molecule has 0 fully saturated rings. The average molecular weight is 1160 g/mol. The molecule has 0 aromatic heterocycles. The van der Waals surface area contributed by atoms with Crippen LogP contribution in [0.15, 0.2) is 48.6 Å². The first kappa shape index (κ1) is 80.4. The maximum Gasteiger partial charge on any atom is 0.306 e. The Morgan fingerprint density at radius 3 is 0.735 bits per heavy atom. The van der Waals surface area contributed by atoms with Crippen molar-refractivity contribution in [1.29, 1.82) is 0 Å². The lowest BCUT2D eigenvalue weighted by molar-refractivity contribution is -0.167. The summed E-state index contributed by atoms with van der Waals surface area (Å²) in [5.74, 6) is -0.836. The standard InChI is InChI=1S/C77H142O6/c1-4-7-10-13-16-19-22-25-27-29-31-33-35-37-39-41-42-44-46-48-50-52-55-58-61-64-67-70-76(79)82-73-74(72-81-75(78)69-66-63-60-57-54-24-21-18-15-12-9-6-3)83-77(80)71-68-65-62-59-56-53-51-49-47-45-43-40-38-36-34-32-30-28-26-23-20-17-14-11-8-5-2/h7,10,16,19,25,27,31,33,74H,4-6,8-9,11-15,17-18,20-24,26,28-30,32,34-73H2,1-3H3/b10-7-,19-16-,27-25-,33-31-. The van der Waals surface area contributed by atoms with Gasteiger partial charge in [0.15, 0.2) is 6.10 Å². The minimum atomic E-state index is -0.770. The number of unbranched alkanes of at least 4 members (excludes halogenated alkanes) is 50. The minimum Gasteiger partial charge on any atom is -0.462 e. The zero-order valence-corrected chi connectivity index (χ0v) is 56.0. The van der Waals surface area contributed by atoms with Gasteiger partial charge in [0.05, 0.1) is 0 Å². The number of allylic oxidation sites excluding steroid dienone is 8. The molecule has 0 aromatic rings. The lowest BCUT2D eigenvalue weighted by Crippen LogP contribution is -2.30. The Hall–Kier alpha value is -2.63. The molecule has 0 spiro atoms. The predicted octanol–water partition coefficient (Wildman–Crippen LogP) is 25.7. The normalized spacial score (nSPS) is 12.3. The molecule has 0 heterocycles. The Morgan fingerprint density at radius 2 is 0.470 bits per heavy atom. The highest BCUT2D eigenvalue weighted by molar-refractivity contribution is 5.71. The van der Waals surface area contributed by atoms with E-state index in [2.05, 4.69) is 69.4 Å². The Balaban J connectivity index is 4.17. The molecule has 0 aromatic carbocycles. The molecule has 0 rings (SSSR count). The van der Waals surface area contributed by atoms with Crippen LogP contribution < -0.4 is 0 Å². The topological polar surface area (TPSA) is 78.9 Å². The molecule has 6 heteroatoms. The monoisotopic (exact) mass is 1160 g/mol. The van der Waals surface area contributed by atoms with Crippen molar-refractivity contribution in [3.63, 3.8) is 0 Å². The van der Waals surface area contributed by atoms with Crippen LogP contribution in [0.4, 0.5) is 0 Å². The van der Waals surface area contributed by atoms with E-state index in [1.807, 2.05) is 0 Å². The van der Waals surface area contributed by atoms with Gasteiger partial charge in [0, 0.05) is 19.3 Å². The molecule has 0 N–H and O–H groups in total. The summed E-state index contributed by atoms with van der Waals surface area (Å²) in [4.78, 5) is 38.5. The van der Waals surface area contributed by atoms with Gasteiger partial charge in [0.25, 0.3) is 0 Å². The van der Waals surface area contributed by atoms with Crippen molar-refractivity contribution in [2.24, 2.45) is 0 Å². The van der Waals surface area contributed by atoms with Gasteiger partial charge in [-0.05, 0) is 57.8 Å². The van der Waals surface area contributed by atoms with E-state index in [9.17, 15) is 14.4 Å². The fourth-order valence-electron chi connectivity index (χ4n) is 11.3. The van der Waals surface area contributed by atoms with Crippen LogP contribution in [0.1, 0.15) is 406 Å². The van der Waals surface area contributed by atoms with E-state index in [-0.39, 0.29) is 31.1 Å². The second-order valence-corrected chi connectivity index (χ2v) is 25.2. The molecule has 0 bridgehead atoms. The highest BCUT2D eigenvalue weighted by atomic mass is 16.6. The average Bonchev–Trinajstić information content (AvgIpc) is 3.49. The number of rotatable bonds is 69. The summed E-state index contributed by atoms with van der Waals surface area (Å²) in [7, 11) is 0. The van der Waals surface area contributed by atoms with E-state index in [0.29, 0.717) is 19.3 Å². The summed E-state index contributed by atoms with van der Waals surface area (Å²) in [6, 6.07) is 0. The molecule has 6 nitrogen and oxygen atoms in total. The fourth-order valence-corrected chi connectivity index (χ4v) is 11.3.